The van der Waals surface area contributed by atoms with Crippen LogP contribution >= 0.6 is 0 Å². The number of anilines is 1. The highest BCUT2D eigenvalue weighted by Crippen LogP contribution is 2.22. The molecule has 132 valence electrons. The molecule has 0 radical (unpaired) electrons. The molecule has 1 aliphatic carbocycles. The normalized spacial score (nSPS) is 13.2. The standard InChI is InChI=1S/C19H24N4O2/c1-13-6-2-4-8-15(13)21-19(25)12-18(24)20-11-10-17-14-7-3-5-9-16(14)22-23-17/h2,4,6,8H,3,5,7,9-12H2,1H3,(H,20,24)(H,21,25)(H,22,23). The second-order valence-electron chi connectivity index (χ2n) is 6.47. The Hall–Kier alpha value is -2.63. The van der Waals surface area contributed by atoms with Crippen LogP contribution in [0.1, 0.15) is 41.8 Å². The fourth-order valence-electron chi connectivity index (χ4n) is 3.19. The van der Waals surface area contributed by atoms with E-state index in [1.165, 1.54) is 24.1 Å². The predicted octanol–water partition coefficient (Wildman–Crippen LogP) is 2.28. The van der Waals surface area contributed by atoms with E-state index in [4.69, 9.17) is 0 Å². The van der Waals surface area contributed by atoms with Crippen molar-refractivity contribution in [2.45, 2.75) is 45.4 Å². The molecule has 6 heteroatoms. The lowest BCUT2D eigenvalue weighted by atomic mass is 9.95. The van der Waals surface area contributed by atoms with Crippen LogP contribution in [0.4, 0.5) is 5.69 Å². The van der Waals surface area contributed by atoms with E-state index in [1.807, 2.05) is 31.2 Å². The summed E-state index contributed by atoms with van der Waals surface area (Å²) in [4.78, 5) is 23.9. The molecule has 1 aromatic carbocycles. The zero-order chi connectivity index (χ0) is 17.6. The van der Waals surface area contributed by atoms with Gasteiger partial charge in [0.25, 0.3) is 0 Å². The first kappa shape index (κ1) is 17.2. The van der Waals surface area contributed by atoms with Crippen LogP contribution in [0.15, 0.2) is 24.3 Å². The Kier molecular flexibility index (Phi) is 5.48. The lowest BCUT2D eigenvalue weighted by molar-refractivity contribution is -0.126. The molecule has 0 fully saturated rings. The van der Waals surface area contributed by atoms with Crippen molar-refractivity contribution in [3.8, 4) is 0 Å². The van der Waals surface area contributed by atoms with E-state index in [2.05, 4.69) is 20.8 Å². The summed E-state index contributed by atoms with van der Waals surface area (Å²) in [5.74, 6) is -0.570. The number of aromatic nitrogens is 2. The Bertz CT molecular complexity index is 767. The number of rotatable bonds is 6. The summed E-state index contributed by atoms with van der Waals surface area (Å²) >= 11 is 0. The summed E-state index contributed by atoms with van der Waals surface area (Å²) in [6, 6.07) is 7.50. The largest absolute Gasteiger partial charge is 0.355 e. The quantitative estimate of drug-likeness (QED) is 0.705. The van der Waals surface area contributed by atoms with Gasteiger partial charge < -0.3 is 10.6 Å². The molecule has 3 N–H and O–H groups in total. The lowest BCUT2D eigenvalue weighted by Gasteiger charge is -2.11. The average molecular weight is 340 g/mol. The molecule has 6 nitrogen and oxygen atoms in total. The van der Waals surface area contributed by atoms with Crippen molar-refractivity contribution in [3.63, 3.8) is 0 Å². The van der Waals surface area contributed by atoms with E-state index >= 15 is 0 Å². The summed E-state index contributed by atoms with van der Waals surface area (Å²) in [5, 5.41) is 13.0. The van der Waals surface area contributed by atoms with Crippen LogP contribution in [-0.2, 0) is 28.9 Å². The Labute approximate surface area is 147 Å². The number of aryl methyl sites for hydroxylation is 2. The van der Waals surface area contributed by atoms with E-state index in [1.54, 1.807) is 0 Å². The molecule has 25 heavy (non-hydrogen) atoms. The minimum absolute atomic E-state index is 0.174. The van der Waals surface area contributed by atoms with E-state index in [9.17, 15) is 9.59 Å². The highest BCUT2D eigenvalue weighted by atomic mass is 16.2. The number of carbonyl (C=O) groups is 2. The van der Waals surface area contributed by atoms with Crippen molar-refractivity contribution in [1.29, 1.82) is 0 Å². The lowest BCUT2D eigenvalue weighted by Crippen LogP contribution is -2.30. The van der Waals surface area contributed by atoms with Gasteiger partial charge >= 0.3 is 0 Å². The second kappa shape index (κ2) is 7.96. The summed E-state index contributed by atoms with van der Waals surface area (Å²) in [5.41, 5.74) is 5.31. The summed E-state index contributed by atoms with van der Waals surface area (Å²) in [6.07, 6.45) is 5.05. The molecule has 2 amide bonds. The number of amides is 2. The Morgan fingerprint density at radius 2 is 1.96 bits per heavy atom. The number of hydrogen-bond acceptors (Lipinski definition) is 3. The Morgan fingerprint density at radius 1 is 1.16 bits per heavy atom. The Morgan fingerprint density at radius 3 is 2.80 bits per heavy atom. The molecule has 0 aliphatic heterocycles. The molecule has 1 aliphatic rings. The monoisotopic (exact) mass is 340 g/mol. The smallest absolute Gasteiger partial charge is 0.233 e. The summed E-state index contributed by atoms with van der Waals surface area (Å²) < 4.78 is 0. The van der Waals surface area contributed by atoms with Gasteiger partial charge in [0.2, 0.25) is 11.8 Å². The molecular formula is C19H24N4O2. The maximum Gasteiger partial charge on any atom is 0.233 e. The number of fused-ring (bicyclic) bond motifs is 1. The first-order valence-electron chi connectivity index (χ1n) is 8.80. The van der Waals surface area contributed by atoms with Crippen LogP contribution in [0.2, 0.25) is 0 Å². The van der Waals surface area contributed by atoms with Crippen LogP contribution < -0.4 is 10.6 Å². The number of H-pyrrole nitrogens is 1. The first-order chi connectivity index (χ1) is 12.1. The SMILES string of the molecule is Cc1ccccc1NC(=O)CC(=O)NCCc1n[nH]c2c1CCCC2. The zero-order valence-corrected chi connectivity index (χ0v) is 14.5. The minimum Gasteiger partial charge on any atom is -0.355 e. The third-order valence-corrected chi connectivity index (χ3v) is 4.57. The third kappa shape index (κ3) is 4.47. The van der Waals surface area contributed by atoms with E-state index < -0.39 is 0 Å². The van der Waals surface area contributed by atoms with Gasteiger partial charge in [0.05, 0.1) is 5.69 Å². The van der Waals surface area contributed by atoms with Gasteiger partial charge in [-0.1, -0.05) is 18.2 Å². The number of para-hydroxylation sites is 1. The average Bonchev–Trinajstić information content (AvgIpc) is 3.00. The minimum atomic E-state index is -0.302. The van der Waals surface area contributed by atoms with Crippen LogP contribution in [0.3, 0.4) is 0 Å². The van der Waals surface area contributed by atoms with Crippen LogP contribution in [0.5, 0.6) is 0 Å². The number of nitrogens with one attached hydrogen (secondary N) is 3. The fourth-order valence-corrected chi connectivity index (χ4v) is 3.19. The third-order valence-electron chi connectivity index (χ3n) is 4.57. The molecular weight excluding hydrogens is 316 g/mol. The van der Waals surface area contributed by atoms with Crippen molar-refractivity contribution >= 4 is 17.5 Å². The number of carbonyl (C=O) groups excluding carboxylic acids is 2. The van der Waals surface area contributed by atoms with Gasteiger partial charge in [-0.3, -0.25) is 14.7 Å². The number of aromatic amines is 1. The van der Waals surface area contributed by atoms with Crippen molar-refractivity contribution < 1.29 is 9.59 Å². The molecule has 0 atom stereocenters. The van der Waals surface area contributed by atoms with Crippen molar-refractivity contribution in [2.75, 3.05) is 11.9 Å². The number of nitrogens with zero attached hydrogens (tertiary/aromatic N) is 1. The van der Waals surface area contributed by atoms with Crippen molar-refractivity contribution in [1.82, 2.24) is 15.5 Å². The first-order valence-corrected chi connectivity index (χ1v) is 8.80. The molecule has 0 spiro atoms. The van der Waals surface area contributed by atoms with Gasteiger partial charge in [-0.05, 0) is 49.8 Å². The maximum absolute atomic E-state index is 12.0. The summed E-state index contributed by atoms with van der Waals surface area (Å²) in [7, 11) is 0. The van der Waals surface area contributed by atoms with E-state index in [0.717, 1.165) is 29.8 Å². The molecule has 0 saturated heterocycles. The zero-order valence-electron chi connectivity index (χ0n) is 14.5. The van der Waals surface area contributed by atoms with Crippen LogP contribution in [0.25, 0.3) is 0 Å². The molecule has 0 unspecified atom stereocenters. The topological polar surface area (TPSA) is 86.9 Å². The molecule has 0 saturated carbocycles. The number of benzene rings is 1. The van der Waals surface area contributed by atoms with E-state index in [-0.39, 0.29) is 18.2 Å². The molecule has 2 aromatic rings. The van der Waals surface area contributed by atoms with Gasteiger partial charge in [0.15, 0.2) is 0 Å². The fraction of sp³-hybridized carbons (Fsp3) is 0.421. The summed E-state index contributed by atoms with van der Waals surface area (Å²) in [6.45, 7) is 2.41. The van der Waals surface area contributed by atoms with Gasteiger partial charge in [-0.2, -0.15) is 5.10 Å². The second-order valence-corrected chi connectivity index (χ2v) is 6.47. The molecule has 1 aromatic heterocycles. The molecule has 0 bridgehead atoms. The number of hydrogen-bond donors (Lipinski definition) is 3. The van der Waals surface area contributed by atoms with Gasteiger partial charge in [-0.25, -0.2) is 0 Å². The Balaban J connectivity index is 1.43. The van der Waals surface area contributed by atoms with Crippen LogP contribution in [0, 0.1) is 6.92 Å². The highest BCUT2D eigenvalue weighted by molar-refractivity contribution is 6.03. The van der Waals surface area contributed by atoms with Crippen LogP contribution in [-0.4, -0.2) is 28.6 Å². The van der Waals surface area contributed by atoms with Gasteiger partial charge in [0, 0.05) is 24.3 Å². The molecule has 3 rings (SSSR count). The van der Waals surface area contributed by atoms with Gasteiger partial charge in [0.1, 0.15) is 6.42 Å². The van der Waals surface area contributed by atoms with Crippen molar-refractivity contribution in [2.24, 2.45) is 0 Å². The maximum atomic E-state index is 12.0. The predicted molar refractivity (Wildman–Crippen MR) is 96.4 cm³/mol. The van der Waals surface area contributed by atoms with Gasteiger partial charge in [-0.15, -0.1) is 0 Å². The molecule has 1 heterocycles. The highest BCUT2D eigenvalue weighted by Gasteiger charge is 2.17. The van der Waals surface area contributed by atoms with E-state index in [0.29, 0.717) is 13.0 Å². The van der Waals surface area contributed by atoms with Crippen molar-refractivity contribution in [3.05, 3.63) is 46.8 Å².